The first-order valence-corrected chi connectivity index (χ1v) is 14.8. The van der Waals surface area contributed by atoms with Gasteiger partial charge >= 0.3 is 37.9 Å². The monoisotopic (exact) mass is 449 g/mol. The summed E-state index contributed by atoms with van der Waals surface area (Å²) in [6.07, 6.45) is 6.70. The molecular formula is C19H31Cl2NOZr. The number of aryl methyl sites for hydroxylation is 1. The fraction of sp³-hybridized carbons (Fsp3) is 0.632. The Morgan fingerprint density at radius 2 is 1.83 bits per heavy atom. The zero-order chi connectivity index (χ0) is 18.8. The molecule has 0 saturated carbocycles. The van der Waals surface area contributed by atoms with E-state index in [1.54, 1.807) is 0 Å². The van der Waals surface area contributed by atoms with Crippen molar-refractivity contribution in [2.75, 3.05) is 0 Å². The van der Waals surface area contributed by atoms with E-state index < -0.39 is 20.8 Å². The molecule has 0 spiro atoms. The van der Waals surface area contributed by atoms with E-state index >= 15 is 0 Å². The van der Waals surface area contributed by atoms with Gasteiger partial charge in [-0.15, -0.1) is 0 Å². The van der Waals surface area contributed by atoms with Crippen LogP contribution in [0.25, 0.3) is 0 Å². The number of phenols is 1. The molecule has 0 aromatic heterocycles. The third-order valence-electron chi connectivity index (χ3n) is 3.93. The van der Waals surface area contributed by atoms with Crippen LogP contribution in [-0.4, -0.2) is 17.4 Å². The number of halogens is 2. The van der Waals surface area contributed by atoms with Crippen molar-refractivity contribution in [3.63, 3.8) is 0 Å². The molecule has 24 heavy (non-hydrogen) atoms. The maximum atomic E-state index is 10.5. The SMILES string of the molecule is CCCCCC(C)N=Cc1c(C)ccc(C(C)(C)C)c1O.[Cl][Zr][Cl]. The van der Waals surface area contributed by atoms with Crippen LogP contribution in [0.15, 0.2) is 17.1 Å². The predicted octanol–water partition coefficient (Wildman–Crippen LogP) is 6.76. The molecule has 1 aromatic carbocycles. The molecule has 1 N–H and O–H groups in total. The number of aliphatic imine (C=N–C) groups is 1. The third-order valence-corrected chi connectivity index (χ3v) is 3.93. The molecule has 0 saturated heterocycles. The minimum atomic E-state index is -0.826. The summed E-state index contributed by atoms with van der Waals surface area (Å²) >= 11 is -0.826. The quantitative estimate of drug-likeness (QED) is 0.376. The Hall–Kier alpha value is 0.153. The molecule has 1 unspecified atom stereocenters. The van der Waals surface area contributed by atoms with Crippen molar-refractivity contribution in [2.24, 2.45) is 4.99 Å². The van der Waals surface area contributed by atoms with Crippen molar-refractivity contribution < 1.29 is 26.0 Å². The van der Waals surface area contributed by atoms with E-state index in [4.69, 9.17) is 17.0 Å². The molecule has 0 aliphatic carbocycles. The van der Waals surface area contributed by atoms with Crippen molar-refractivity contribution in [1.29, 1.82) is 0 Å². The van der Waals surface area contributed by atoms with Gasteiger partial charge < -0.3 is 5.11 Å². The molecule has 5 heteroatoms. The van der Waals surface area contributed by atoms with Crippen molar-refractivity contribution in [1.82, 2.24) is 0 Å². The molecule has 2 nitrogen and oxygen atoms in total. The predicted molar refractivity (Wildman–Crippen MR) is 104 cm³/mol. The van der Waals surface area contributed by atoms with E-state index in [0.717, 1.165) is 23.1 Å². The van der Waals surface area contributed by atoms with Crippen LogP contribution in [0.4, 0.5) is 0 Å². The summed E-state index contributed by atoms with van der Waals surface area (Å²) in [6.45, 7) is 12.7. The molecule has 0 bridgehead atoms. The number of hydrogen-bond donors (Lipinski definition) is 1. The van der Waals surface area contributed by atoms with Gasteiger partial charge in [0.15, 0.2) is 0 Å². The molecular weight excluding hydrogens is 420 g/mol. The van der Waals surface area contributed by atoms with Gasteiger partial charge in [-0.1, -0.05) is 59.1 Å². The second kappa shape index (κ2) is 12.5. The number of benzene rings is 1. The van der Waals surface area contributed by atoms with E-state index in [1.807, 2.05) is 19.2 Å². The van der Waals surface area contributed by atoms with Gasteiger partial charge in [0.25, 0.3) is 0 Å². The van der Waals surface area contributed by atoms with Crippen LogP contribution in [0.2, 0.25) is 0 Å². The standard InChI is InChI=1S/C19H31NO.2ClH.Zr/c1-7-8-9-10-15(3)20-13-16-14(2)11-12-17(18(16)21)19(4,5)6;;;/h11-13,15,21H,7-10H2,1-6H3;2*1H;/q;;;+2/p-2. The molecule has 0 fully saturated rings. The molecule has 0 amide bonds. The summed E-state index contributed by atoms with van der Waals surface area (Å²) in [7, 11) is 9.87. The maximum absolute atomic E-state index is 10.5. The molecule has 0 aliphatic rings. The van der Waals surface area contributed by atoms with Crippen LogP contribution < -0.4 is 0 Å². The Balaban J connectivity index is 0.00000163. The normalized spacial score (nSPS) is 12.7. The number of aromatic hydroxyl groups is 1. The Bertz CT molecular complexity index is 513. The van der Waals surface area contributed by atoms with Gasteiger partial charge in [0.1, 0.15) is 5.75 Å². The summed E-state index contributed by atoms with van der Waals surface area (Å²) in [5, 5.41) is 10.5. The van der Waals surface area contributed by atoms with Gasteiger partial charge in [0.05, 0.1) is 0 Å². The van der Waals surface area contributed by atoms with Crippen LogP contribution in [0.1, 0.15) is 77.0 Å². The van der Waals surface area contributed by atoms with Gasteiger partial charge in [-0.25, -0.2) is 0 Å². The molecule has 136 valence electrons. The third kappa shape index (κ3) is 9.02. The summed E-state index contributed by atoms with van der Waals surface area (Å²) in [5.41, 5.74) is 2.86. The zero-order valence-corrected chi connectivity index (χ0v) is 19.8. The van der Waals surface area contributed by atoms with Crippen LogP contribution in [0, 0.1) is 6.92 Å². The number of unbranched alkanes of at least 4 members (excludes halogenated alkanes) is 2. The number of rotatable bonds is 6. The van der Waals surface area contributed by atoms with Crippen molar-refractivity contribution in [3.8, 4) is 5.75 Å². The molecule has 0 heterocycles. The molecule has 0 aliphatic heterocycles. The minimum absolute atomic E-state index is 0.0624. The Kier molecular flexibility index (Phi) is 12.6. The summed E-state index contributed by atoms with van der Waals surface area (Å²) in [5.74, 6) is 0.381. The van der Waals surface area contributed by atoms with Crippen LogP contribution in [0.3, 0.4) is 0 Å². The second-order valence-electron chi connectivity index (χ2n) is 7.14. The van der Waals surface area contributed by atoms with Crippen molar-refractivity contribution >= 4 is 23.2 Å². The number of nitrogens with zero attached hydrogens (tertiary/aromatic N) is 1. The average Bonchev–Trinajstić information content (AvgIpc) is 2.46. The van der Waals surface area contributed by atoms with Crippen molar-refractivity contribution in [2.45, 2.75) is 78.7 Å². The Morgan fingerprint density at radius 3 is 2.33 bits per heavy atom. The Morgan fingerprint density at radius 1 is 1.25 bits per heavy atom. The summed E-state index contributed by atoms with van der Waals surface area (Å²) < 4.78 is 0. The first-order chi connectivity index (χ1) is 11.2. The van der Waals surface area contributed by atoms with E-state index in [9.17, 15) is 5.11 Å². The molecule has 0 radical (unpaired) electrons. The first kappa shape index (κ1) is 24.2. The van der Waals surface area contributed by atoms with Gasteiger partial charge in [-0.3, -0.25) is 4.99 Å². The van der Waals surface area contributed by atoms with E-state index in [0.29, 0.717) is 11.8 Å². The molecule has 1 atom stereocenters. The first-order valence-electron chi connectivity index (χ1n) is 8.51. The second-order valence-corrected chi connectivity index (χ2v) is 10.9. The van der Waals surface area contributed by atoms with Crippen molar-refractivity contribution in [3.05, 3.63) is 28.8 Å². The van der Waals surface area contributed by atoms with Gasteiger partial charge in [0, 0.05) is 17.8 Å². The fourth-order valence-corrected chi connectivity index (χ4v) is 2.44. The molecule has 1 aromatic rings. The number of hydrogen-bond acceptors (Lipinski definition) is 2. The topological polar surface area (TPSA) is 32.6 Å². The van der Waals surface area contributed by atoms with Crippen LogP contribution in [0.5, 0.6) is 5.75 Å². The van der Waals surface area contributed by atoms with E-state index in [-0.39, 0.29) is 5.41 Å². The Labute approximate surface area is 166 Å². The van der Waals surface area contributed by atoms with Gasteiger partial charge in [0.2, 0.25) is 0 Å². The molecule has 1 rings (SSSR count). The fourth-order valence-electron chi connectivity index (χ4n) is 2.44. The number of phenolic OH excluding ortho intramolecular Hbond substituents is 1. The van der Waals surface area contributed by atoms with Crippen LogP contribution in [-0.2, 0) is 26.3 Å². The summed E-state index contributed by atoms with van der Waals surface area (Å²) in [4.78, 5) is 4.63. The summed E-state index contributed by atoms with van der Waals surface area (Å²) in [6, 6.07) is 4.41. The zero-order valence-electron chi connectivity index (χ0n) is 15.8. The van der Waals surface area contributed by atoms with E-state index in [1.165, 1.54) is 19.3 Å². The van der Waals surface area contributed by atoms with Gasteiger partial charge in [-0.05, 0) is 36.8 Å². The van der Waals surface area contributed by atoms with Gasteiger partial charge in [-0.2, -0.15) is 0 Å². The van der Waals surface area contributed by atoms with Crippen LogP contribution >= 0.6 is 17.0 Å². The average molecular weight is 452 g/mol. The van der Waals surface area contributed by atoms with E-state index in [2.05, 4.69) is 45.7 Å².